The van der Waals surface area contributed by atoms with Gasteiger partial charge in [-0.05, 0) is 47.5 Å². The summed E-state index contributed by atoms with van der Waals surface area (Å²) in [5, 5.41) is -1.33. The van der Waals surface area contributed by atoms with E-state index in [1.807, 2.05) is 0 Å². The summed E-state index contributed by atoms with van der Waals surface area (Å²) in [4.78, 5) is 0. The normalized spacial score (nSPS) is 12.9. The highest BCUT2D eigenvalue weighted by Crippen LogP contribution is 2.42. The molecule has 0 amide bonds. The number of halogens is 2. The summed E-state index contributed by atoms with van der Waals surface area (Å²) >= 11 is 12.4. The van der Waals surface area contributed by atoms with Gasteiger partial charge in [0.2, 0.25) is 0 Å². The van der Waals surface area contributed by atoms with Crippen LogP contribution in [0.2, 0.25) is 10.0 Å². The first kappa shape index (κ1) is 35.5. The molecule has 11 heteroatoms. The number of hydrogen-bond acceptors (Lipinski definition) is 8. The highest BCUT2D eigenvalue weighted by Gasteiger charge is 2.34. The Labute approximate surface area is 286 Å². The third-order valence-corrected chi connectivity index (χ3v) is 10.3. The maximum atomic E-state index is 14.9. The van der Waals surface area contributed by atoms with Crippen LogP contribution < -0.4 is 28.4 Å². The SMILES string of the molecule is COc1cc(OC)c(/C=C/C(c2ccc(Cl)cc2)S(=O)(=O)C(/C=C/c2c(OC)cc(OC)cc2OC)c2ccc(Cl)cc2)c(OC)c1. The van der Waals surface area contributed by atoms with Crippen LogP contribution in [0.3, 0.4) is 0 Å². The average molecular weight is 700 g/mol. The molecule has 0 heterocycles. The molecule has 47 heavy (non-hydrogen) atoms. The van der Waals surface area contributed by atoms with Gasteiger partial charge in [-0.3, -0.25) is 0 Å². The Bertz CT molecular complexity index is 1660. The maximum absolute atomic E-state index is 14.9. The van der Waals surface area contributed by atoms with E-state index in [0.717, 1.165) is 0 Å². The van der Waals surface area contributed by atoms with E-state index in [2.05, 4.69) is 0 Å². The predicted molar refractivity (Wildman–Crippen MR) is 188 cm³/mol. The summed E-state index contributed by atoms with van der Waals surface area (Å²) in [6.45, 7) is 0. The summed E-state index contributed by atoms with van der Waals surface area (Å²) in [5.74, 6) is 2.82. The molecule has 2 unspecified atom stereocenters. The van der Waals surface area contributed by atoms with Crippen LogP contribution >= 0.6 is 23.2 Å². The molecule has 0 bridgehead atoms. The zero-order chi connectivity index (χ0) is 34.1. The Balaban J connectivity index is 1.93. The number of ether oxygens (including phenoxy) is 6. The number of sulfone groups is 1. The Morgan fingerprint density at radius 3 is 1.06 bits per heavy atom. The predicted octanol–water partition coefficient (Wildman–Crippen LogP) is 8.67. The molecular weight excluding hydrogens is 663 g/mol. The Morgan fingerprint density at radius 1 is 0.511 bits per heavy atom. The lowest BCUT2D eigenvalue weighted by atomic mass is 10.1. The van der Waals surface area contributed by atoms with Crippen LogP contribution in [0.15, 0.2) is 84.9 Å². The van der Waals surface area contributed by atoms with Crippen molar-refractivity contribution >= 4 is 45.2 Å². The Hall–Kier alpha value is -4.31. The molecular formula is C36H36Cl2O8S. The third kappa shape index (κ3) is 8.16. The fraction of sp³-hybridized carbons (Fsp3) is 0.222. The van der Waals surface area contributed by atoms with Crippen molar-refractivity contribution in [2.75, 3.05) is 42.7 Å². The highest BCUT2D eigenvalue weighted by atomic mass is 35.5. The number of rotatable bonds is 14. The number of methoxy groups -OCH3 is 6. The zero-order valence-corrected chi connectivity index (χ0v) is 29.2. The first-order chi connectivity index (χ1) is 22.6. The lowest BCUT2D eigenvalue weighted by molar-refractivity contribution is 0.374. The topological polar surface area (TPSA) is 89.5 Å². The summed E-state index contributed by atoms with van der Waals surface area (Å²) in [5.41, 5.74) is 2.08. The van der Waals surface area contributed by atoms with E-state index in [9.17, 15) is 8.42 Å². The smallest absolute Gasteiger partial charge is 0.171 e. The molecule has 2 atom stereocenters. The molecule has 0 aliphatic heterocycles. The van der Waals surface area contributed by atoms with Crippen molar-refractivity contribution in [3.8, 4) is 34.5 Å². The van der Waals surface area contributed by atoms with Gasteiger partial charge in [0.05, 0.1) is 53.8 Å². The maximum Gasteiger partial charge on any atom is 0.171 e. The fourth-order valence-corrected chi connectivity index (χ4v) is 7.28. The summed E-state index contributed by atoms with van der Waals surface area (Å²) in [6, 6.07) is 20.2. The van der Waals surface area contributed by atoms with Crippen molar-refractivity contribution in [1.29, 1.82) is 0 Å². The van der Waals surface area contributed by atoms with Gasteiger partial charge in [0, 0.05) is 34.3 Å². The molecule has 0 saturated carbocycles. The van der Waals surface area contributed by atoms with Crippen LogP contribution in [-0.2, 0) is 9.84 Å². The molecule has 8 nitrogen and oxygen atoms in total. The van der Waals surface area contributed by atoms with Crippen molar-refractivity contribution in [3.05, 3.63) is 117 Å². The van der Waals surface area contributed by atoms with Crippen molar-refractivity contribution < 1.29 is 36.8 Å². The van der Waals surface area contributed by atoms with Gasteiger partial charge in [0.15, 0.2) is 9.84 Å². The minimum Gasteiger partial charge on any atom is -0.496 e. The Kier molecular flexibility index (Phi) is 12.1. The van der Waals surface area contributed by atoms with Crippen molar-refractivity contribution in [3.63, 3.8) is 0 Å². The molecule has 0 saturated heterocycles. The quantitative estimate of drug-likeness (QED) is 0.129. The van der Waals surface area contributed by atoms with E-state index in [-0.39, 0.29) is 0 Å². The van der Waals surface area contributed by atoms with Crippen LogP contribution in [0, 0.1) is 0 Å². The second kappa shape index (κ2) is 16.0. The van der Waals surface area contributed by atoms with Crippen LogP contribution in [0.1, 0.15) is 32.8 Å². The molecule has 248 valence electrons. The first-order valence-corrected chi connectivity index (χ1v) is 16.7. The lowest BCUT2D eigenvalue weighted by Gasteiger charge is -2.22. The molecule has 0 aliphatic rings. The molecule has 0 fully saturated rings. The largest absolute Gasteiger partial charge is 0.496 e. The van der Waals surface area contributed by atoms with Crippen LogP contribution in [-0.4, -0.2) is 51.1 Å². The van der Waals surface area contributed by atoms with E-state index < -0.39 is 20.3 Å². The molecule has 0 radical (unpaired) electrons. The van der Waals surface area contributed by atoms with Gasteiger partial charge in [0.1, 0.15) is 45.0 Å². The molecule has 4 aromatic carbocycles. The second-order valence-corrected chi connectivity index (χ2v) is 13.2. The molecule has 0 spiro atoms. The Morgan fingerprint density at radius 2 is 0.809 bits per heavy atom. The standard InChI is InChI=1S/C36H36Cl2O8S/c1-41-27-19-31(43-3)29(32(20-27)44-4)15-17-35(23-7-11-25(37)12-8-23)47(39,40)36(24-9-13-26(38)14-10-24)18-16-30-33(45-5)21-28(42-2)22-34(30)46-6/h7-22,35-36H,1-6H3/b17-15+,18-16+. The van der Waals surface area contributed by atoms with Crippen molar-refractivity contribution in [1.82, 2.24) is 0 Å². The van der Waals surface area contributed by atoms with E-state index in [0.29, 0.717) is 66.8 Å². The van der Waals surface area contributed by atoms with E-state index in [1.54, 1.807) is 97.1 Å². The summed E-state index contributed by atoms with van der Waals surface area (Å²) < 4.78 is 63.1. The summed E-state index contributed by atoms with van der Waals surface area (Å²) in [6.07, 6.45) is 6.56. The number of hydrogen-bond donors (Lipinski definition) is 0. The van der Waals surface area contributed by atoms with Gasteiger partial charge < -0.3 is 28.4 Å². The summed E-state index contributed by atoms with van der Waals surface area (Å²) in [7, 11) is 5.02. The van der Waals surface area contributed by atoms with Crippen LogP contribution in [0.25, 0.3) is 12.2 Å². The van der Waals surface area contributed by atoms with Gasteiger partial charge in [-0.1, -0.05) is 59.6 Å². The van der Waals surface area contributed by atoms with E-state index >= 15 is 0 Å². The third-order valence-electron chi connectivity index (χ3n) is 7.49. The molecule has 0 N–H and O–H groups in total. The zero-order valence-electron chi connectivity index (χ0n) is 26.8. The van der Waals surface area contributed by atoms with E-state index in [1.165, 1.54) is 42.7 Å². The number of benzene rings is 4. The fourth-order valence-electron chi connectivity index (χ4n) is 5.04. The minimum absolute atomic E-state index is 0.442. The molecule has 4 rings (SSSR count). The average Bonchev–Trinajstić information content (AvgIpc) is 3.09. The van der Waals surface area contributed by atoms with Crippen molar-refractivity contribution in [2.24, 2.45) is 0 Å². The van der Waals surface area contributed by atoms with Gasteiger partial charge >= 0.3 is 0 Å². The highest BCUT2D eigenvalue weighted by molar-refractivity contribution is 7.92. The molecule has 0 aliphatic carbocycles. The van der Waals surface area contributed by atoms with Gasteiger partial charge in [-0.2, -0.15) is 0 Å². The van der Waals surface area contributed by atoms with Crippen molar-refractivity contribution in [2.45, 2.75) is 10.5 Å². The first-order valence-electron chi connectivity index (χ1n) is 14.3. The molecule has 4 aromatic rings. The lowest BCUT2D eigenvalue weighted by Crippen LogP contribution is -2.19. The monoisotopic (exact) mass is 698 g/mol. The van der Waals surface area contributed by atoms with Crippen LogP contribution in [0.4, 0.5) is 0 Å². The van der Waals surface area contributed by atoms with Gasteiger partial charge in [0.25, 0.3) is 0 Å². The van der Waals surface area contributed by atoms with Gasteiger partial charge in [-0.25, -0.2) is 8.42 Å². The second-order valence-electron chi connectivity index (χ2n) is 10.1. The van der Waals surface area contributed by atoms with E-state index in [4.69, 9.17) is 51.6 Å². The van der Waals surface area contributed by atoms with Gasteiger partial charge in [-0.15, -0.1) is 0 Å². The van der Waals surface area contributed by atoms with Crippen LogP contribution in [0.5, 0.6) is 34.5 Å². The minimum atomic E-state index is -4.11. The molecule has 0 aromatic heterocycles.